The first-order chi connectivity index (χ1) is 12.8. The van der Waals surface area contributed by atoms with Crippen LogP contribution in [0.5, 0.6) is 0 Å². The Bertz CT molecular complexity index is 638. The molecule has 0 aromatic heterocycles. The summed E-state index contributed by atoms with van der Waals surface area (Å²) in [5.74, 6) is 0. The van der Waals surface area contributed by atoms with E-state index in [2.05, 4.69) is 100 Å². The number of hydrogen-bond acceptors (Lipinski definition) is 0. The Morgan fingerprint density at radius 1 is 0.423 bits per heavy atom. The highest BCUT2D eigenvalue weighted by atomic mass is 31.0. The maximum Gasteiger partial charge on any atom is 0.0591 e. The zero-order chi connectivity index (χ0) is 18.1. The van der Waals surface area contributed by atoms with Crippen molar-refractivity contribution in [2.24, 2.45) is 0 Å². The second-order valence-electron chi connectivity index (χ2n) is 7.03. The molecule has 0 aliphatic heterocycles. The average molecular weight is 360 g/mol. The fourth-order valence-corrected chi connectivity index (χ4v) is 4.24. The van der Waals surface area contributed by atoms with Crippen LogP contribution in [0, 0.1) is 0 Å². The van der Waals surface area contributed by atoms with Gasteiger partial charge in [0.2, 0.25) is 0 Å². The molecule has 0 radical (unpaired) electrons. The van der Waals surface area contributed by atoms with Gasteiger partial charge in [0.25, 0.3) is 0 Å². The summed E-state index contributed by atoms with van der Waals surface area (Å²) in [4.78, 5) is 0. The lowest BCUT2D eigenvalue weighted by Crippen LogP contribution is -2.21. The van der Waals surface area contributed by atoms with Gasteiger partial charge in [-0.25, -0.2) is 0 Å². The van der Waals surface area contributed by atoms with Crippen LogP contribution in [-0.4, -0.2) is 0 Å². The van der Waals surface area contributed by atoms with Gasteiger partial charge in [-0.3, -0.25) is 0 Å². The summed E-state index contributed by atoms with van der Waals surface area (Å²) in [6.07, 6.45) is 9.00. The fourth-order valence-electron chi connectivity index (χ4n) is 3.66. The lowest BCUT2D eigenvalue weighted by atomic mass is 9.84. The molecule has 0 bridgehead atoms. The van der Waals surface area contributed by atoms with Crippen molar-refractivity contribution in [2.75, 3.05) is 0 Å². The molecule has 3 aromatic carbocycles. The summed E-state index contributed by atoms with van der Waals surface area (Å²) in [5, 5.41) is -0.205. The normalized spacial score (nSPS) is 14.2. The number of hydrogen-bond donors (Lipinski definition) is 0. The third kappa shape index (κ3) is 4.63. The standard InChI is InChI=1S/C19H17P.C6H12/c20-19(16-10-4-1-5-11-16,17-12-6-2-7-13-17)18-14-8-3-9-15-18;1-2-4-6-5-3-1/h1-15H,20H2;1-6H2. The molecule has 0 nitrogen and oxygen atoms in total. The second-order valence-corrected chi connectivity index (χ2v) is 7.89. The van der Waals surface area contributed by atoms with Gasteiger partial charge in [-0.05, 0) is 16.7 Å². The molecule has 26 heavy (non-hydrogen) atoms. The van der Waals surface area contributed by atoms with Crippen molar-refractivity contribution < 1.29 is 0 Å². The van der Waals surface area contributed by atoms with Gasteiger partial charge in [0.1, 0.15) is 0 Å². The summed E-state index contributed by atoms with van der Waals surface area (Å²) < 4.78 is 0. The first-order valence-corrected chi connectivity index (χ1v) is 10.3. The van der Waals surface area contributed by atoms with Crippen LogP contribution in [0.25, 0.3) is 0 Å². The minimum atomic E-state index is -0.205. The Morgan fingerprint density at radius 2 is 0.654 bits per heavy atom. The van der Waals surface area contributed by atoms with E-state index in [1.54, 1.807) is 0 Å². The van der Waals surface area contributed by atoms with Gasteiger partial charge in [-0.1, -0.05) is 130 Å². The van der Waals surface area contributed by atoms with E-state index < -0.39 is 0 Å². The third-order valence-electron chi connectivity index (χ3n) is 5.19. The first-order valence-electron chi connectivity index (χ1n) is 9.77. The van der Waals surface area contributed by atoms with Crippen molar-refractivity contribution in [3.05, 3.63) is 108 Å². The summed E-state index contributed by atoms with van der Waals surface area (Å²) in [6.45, 7) is 0. The van der Waals surface area contributed by atoms with Crippen molar-refractivity contribution in [1.82, 2.24) is 0 Å². The van der Waals surface area contributed by atoms with E-state index in [1.807, 2.05) is 0 Å². The summed E-state index contributed by atoms with van der Waals surface area (Å²) in [5.41, 5.74) is 3.84. The maximum atomic E-state index is 3.06. The van der Waals surface area contributed by atoms with Crippen LogP contribution in [0.4, 0.5) is 0 Å². The molecular formula is C25H29P. The quantitative estimate of drug-likeness (QED) is 0.342. The Kier molecular flexibility index (Phi) is 7.04. The van der Waals surface area contributed by atoms with Crippen LogP contribution < -0.4 is 0 Å². The van der Waals surface area contributed by atoms with Crippen molar-refractivity contribution in [1.29, 1.82) is 0 Å². The molecule has 0 saturated heterocycles. The highest BCUT2D eigenvalue weighted by Crippen LogP contribution is 2.44. The average Bonchev–Trinajstić information content (AvgIpc) is 2.77. The van der Waals surface area contributed by atoms with E-state index >= 15 is 0 Å². The Labute approximate surface area is 160 Å². The minimum Gasteiger partial charge on any atom is -0.117 e. The van der Waals surface area contributed by atoms with Gasteiger partial charge in [0, 0.05) is 0 Å². The van der Waals surface area contributed by atoms with Crippen LogP contribution >= 0.6 is 9.24 Å². The molecule has 1 unspecified atom stereocenters. The Morgan fingerprint density at radius 3 is 0.885 bits per heavy atom. The minimum absolute atomic E-state index is 0.205. The molecule has 1 atom stereocenters. The molecule has 1 aliphatic carbocycles. The van der Waals surface area contributed by atoms with Crippen molar-refractivity contribution in [2.45, 2.75) is 43.7 Å². The maximum absolute atomic E-state index is 3.06. The number of rotatable bonds is 3. The summed E-state index contributed by atoms with van der Waals surface area (Å²) >= 11 is 0. The lowest BCUT2D eigenvalue weighted by Gasteiger charge is -2.31. The zero-order valence-corrected chi connectivity index (χ0v) is 16.6. The molecule has 1 saturated carbocycles. The molecule has 4 rings (SSSR count). The predicted molar refractivity (Wildman–Crippen MR) is 117 cm³/mol. The smallest absolute Gasteiger partial charge is 0.0591 e. The predicted octanol–water partition coefficient (Wildman–Crippen LogP) is 7.19. The van der Waals surface area contributed by atoms with E-state index in [4.69, 9.17) is 0 Å². The molecule has 1 fully saturated rings. The van der Waals surface area contributed by atoms with Crippen molar-refractivity contribution in [3.8, 4) is 0 Å². The van der Waals surface area contributed by atoms with E-state index in [0.717, 1.165) is 0 Å². The fraction of sp³-hybridized carbons (Fsp3) is 0.280. The van der Waals surface area contributed by atoms with E-state index in [1.165, 1.54) is 55.2 Å². The van der Waals surface area contributed by atoms with E-state index in [-0.39, 0.29) is 5.16 Å². The SMILES string of the molecule is C1CCCCC1.PC(c1ccccc1)(c1ccccc1)c1ccccc1. The van der Waals surface area contributed by atoms with Crippen molar-refractivity contribution in [3.63, 3.8) is 0 Å². The molecule has 1 heteroatoms. The van der Waals surface area contributed by atoms with Crippen LogP contribution in [0.1, 0.15) is 55.2 Å². The molecule has 0 spiro atoms. The van der Waals surface area contributed by atoms with Crippen LogP contribution in [-0.2, 0) is 5.16 Å². The monoisotopic (exact) mass is 360 g/mol. The first kappa shape index (κ1) is 18.9. The van der Waals surface area contributed by atoms with Crippen molar-refractivity contribution >= 4 is 9.24 Å². The van der Waals surface area contributed by atoms with Gasteiger partial charge >= 0.3 is 0 Å². The zero-order valence-electron chi connectivity index (χ0n) is 15.5. The van der Waals surface area contributed by atoms with Gasteiger partial charge in [-0.2, -0.15) is 0 Å². The van der Waals surface area contributed by atoms with Gasteiger partial charge in [-0.15, -0.1) is 9.24 Å². The van der Waals surface area contributed by atoms with Gasteiger partial charge in [0.15, 0.2) is 0 Å². The molecule has 3 aromatic rings. The number of benzene rings is 3. The molecule has 134 valence electrons. The largest absolute Gasteiger partial charge is 0.117 e. The summed E-state index contributed by atoms with van der Waals surface area (Å²) in [6, 6.07) is 31.9. The molecule has 0 N–H and O–H groups in total. The third-order valence-corrected chi connectivity index (χ3v) is 6.19. The van der Waals surface area contributed by atoms with E-state index in [9.17, 15) is 0 Å². The lowest BCUT2D eigenvalue weighted by molar-refractivity contribution is 0.504. The van der Waals surface area contributed by atoms with Crippen LogP contribution in [0.3, 0.4) is 0 Å². The highest BCUT2D eigenvalue weighted by molar-refractivity contribution is 7.19. The topological polar surface area (TPSA) is 0 Å². The highest BCUT2D eigenvalue weighted by Gasteiger charge is 2.30. The summed E-state index contributed by atoms with van der Waals surface area (Å²) in [7, 11) is 3.06. The molecular weight excluding hydrogens is 331 g/mol. The second kappa shape index (κ2) is 9.70. The van der Waals surface area contributed by atoms with Gasteiger partial charge in [0.05, 0.1) is 5.16 Å². The molecule has 1 aliphatic rings. The van der Waals surface area contributed by atoms with E-state index in [0.29, 0.717) is 0 Å². The molecule has 0 amide bonds. The Hall–Kier alpha value is -1.91. The Balaban J connectivity index is 0.000000278. The van der Waals surface area contributed by atoms with Gasteiger partial charge < -0.3 is 0 Å². The van der Waals surface area contributed by atoms with Crippen LogP contribution in [0.15, 0.2) is 91.0 Å². The molecule has 0 heterocycles. The van der Waals surface area contributed by atoms with Crippen LogP contribution in [0.2, 0.25) is 0 Å².